The van der Waals surface area contributed by atoms with E-state index in [0.717, 1.165) is 11.5 Å². The Balaban J connectivity index is 1.69. The number of ketones is 1. The lowest BCUT2D eigenvalue weighted by Gasteiger charge is -2.33. The lowest BCUT2D eigenvalue weighted by atomic mass is 9.72. The minimum absolute atomic E-state index is 0.328. The van der Waals surface area contributed by atoms with E-state index in [1.807, 2.05) is 30.3 Å². The van der Waals surface area contributed by atoms with E-state index in [-0.39, 0.29) is 0 Å². The third-order valence-electron chi connectivity index (χ3n) is 5.32. The molecule has 3 rings (SSSR count). The SMILES string of the molecule is CC(C)(C)[C@@H]1CC[C@H]2C(C(=O)c3ccccc3)[C@H]2C1. The summed E-state index contributed by atoms with van der Waals surface area (Å²) < 4.78 is 0. The minimum Gasteiger partial charge on any atom is -0.294 e. The molecule has 0 spiro atoms. The van der Waals surface area contributed by atoms with Crippen LogP contribution in [0.4, 0.5) is 0 Å². The molecule has 1 aromatic rings. The number of carbonyl (C=O) groups excluding carboxylic acids is 1. The van der Waals surface area contributed by atoms with Crippen molar-refractivity contribution in [2.45, 2.75) is 40.0 Å². The predicted octanol–water partition coefficient (Wildman–Crippen LogP) is 4.58. The van der Waals surface area contributed by atoms with Gasteiger partial charge in [-0.2, -0.15) is 0 Å². The van der Waals surface area contributed by atoms with E-state index in [9.17, 15) is 4.79 Å². The van der Waals surface area contributed by atoms with E-state index >= 15 is 0 Å². The molecule has 2 aliphatic rings. The average molecular weight is 256 g/mol. The maximum atomic E-state index is 12.5. The van der Waals surface area contributed by atoms with Crippen LogP contribution in [0.3, 0.4) is 0 Å². The molecular weight excluding hydrogens is 232 g/mol. The maximum absolute atomic E-state index is 12.5. The highest BCUT2D eigenvalue weighted by Crippen LogP contribution is 2.60. The molecule has 2 fully saturated rings. The molecule has 1 nitrogen and oxygen atoms in total. The van der Waals surface area contributed by atoms with Crippen LogP contribution in [0.15, 0.2) is 30.3 Å². The second-order valence-electron chi connectivity index (χ2n) is 7.46. The molecule has 102 valence electrons. The van der Waals surface area contributed by atoms with Crippen molar-refractivity contribution in [1.29, 1.82) is 0 Å². The number of hydrogen-bond donors (Lipinski definition) is 0. The van der Waals surface area contributed by atoms with Gasteiger partial charge in [-0.15, -0.1) is 0 Å². The Morgan fingerprint density at radius 2 is 1.74 bits per heavy atom. The first-order valence-electron chi connectivity index (χ1n) is 7.58. The largest absolute Gasteiger partial charge is 0.294 e. The zero-order valence-corrected chi connectivity index (χ0v) is 12.2. The summed E-state index contributed by atoms with van der Waals surface area (Å²) in [6.07, 6.45) is 3.83. The van der Waals surface area contributed by atoms with Crippen LogP contribution in [0.2, 0.25) is 0 Å². The van der Waals surface area contributed by atoms with Gasteiger partial charge in [-0.3, -0.25) is 4.79 Å². The van der Waals surface area contributed by atoms with E-state index in [1.165, 1.54) is 19.3 Å². The number of fused-ring (bicyclic) bond motifs is 1. The van der Waals surface area contributed by atoms with E-state index in [0.29, 0.717) is 29.0 Å². The fraction of sp³-hybridized carbons (Fsp3) is 0.611. The molecule has 0 saturated heterocycles. The van der Waals surface area contributed by atoms with Gasteiger partial charge in [-0.1, -0.05) is 51.1 Å². The number of Topliss-reactive ketones (excluding diaryl/α,β-unsaturated/α-hetero) is 1. The van der Waals surface area contributed by atoms with Crippen LogP contribution >= 0.6 is 0 Å². The Bertz CT molecular complexity index is 468. The van der Waals surface area contributed by atoms with Gasteiger partial charge in [0.2, 0.25) is 0 Å². The van der Waals surface area contributed by atoms with Crippen molar-refractivity contribution in [3.8, 4) is 0 Å². The van der Waals surface area contributed by atoms with E-state index < -0.39 is 0 Å². The lowest BCUT2D eigenvalue weighted by Crippen LogP contribution is -2.23. The molecule has 0 aliphatic heterocycles. The van der Waals surface area contributed by atoms with Crippen LogP contribution in [-0.2, 0) is 0 Å². The topological polar surface area (TPSA) is 17.1 Å². The second-order valence-corrected chi connectivity index (χ2v) is 7.46. The summed E-state index contributed by atoms with van der Waals surface area (Å²) in [6, 6.07) is 9.85. The highest BCUT2D eigenvalue weighted by atomic mass is 16.1. The molecule has 2 aliphatic carbocycles. The standard InChI is InChI=1S/C18H24O/c1-18(2,3)13-9-10-14-15(11-13)16(14)17(19)12-7-5-4-6-8-12/h4-8,13-16H,9-11H2,1-3H3/t13-,14-,15+,16?/m1/s1. The van der Waals surface area contributed by atoms with Crippen molar-refractivity contribution in [1.82, 2.24) is 0 Å². The summed E-state index contributed by atoms with van der Waals surface area (Å²) in [5.41, 5.74) is 1.31. The maximum Gasteiger partial charge on any atom is 0.166 e. The molecule has 0 radical (unpaired) electrons. The molecular formula is C18H24O. The summed E-state index contributed by atoms with van der Waals surface area (Å²) in [4.78, 5) is 12.5. The quantitative estimate of drug-likeness (QED) is 0.708. The summed E-state index contributed by atoms with van der Waals surface area (Å²) in [6.45, 7) is 7.02. The van der Waals surface area contributed by atoms with Crippen molar-refractivity contribution < 1.29 is 4.79 Å². The van der Waals surface area contributed by atoms with Crippen LogP contribution in [0, 0.1) is 29.1 Å². The summed E-state index contributed by atoms with van der Waals surface area (Å²) in [5, 5.41) is 0. The summed E-state index contributed by atoms with van der Waals surface area (Å²) in [7, 11) is 0. The van der Waals surface area contributed by atoms with Gasteiger partial charge in [0.25, 0.3) is 0 Å². The highest BCUT2D eigenvalue weighted by molar-refractivity contribution is 6.00. The Morgan fingerprint density at radius 1 is 1.05 bits per heavy atom. The van der Waals surface area contributed by atoms with Crippen molar-refractivity contribution in [3.63, 3.8) is 0 Å². The van der Waals surface area contributed by atoms with Gasteiger partial charge in [-0.25, -0.2) is 0 Å². The molecule has 1 heteroatoms. The summed E-state index contributed by atoms with van der Waals surface area (Å²) in [5.74, 6) is 2.87. The summed E-state index contributed by atoms with van der Waals surface area (Å²) >= 11 is 0. The smallest absolute Gasteiger partial charge is 0.166 e. The number of benzene rings is 1. The first-order valence-corrected chi connectivity index (χ1v) is 7.58. The van der Waals surface area contributed by atoms with E-state index in [4.69, 9.17) is 0 Å². The van der Waals surface area contributed by atoms with Gasteiger partial charge in [0.15, 0.2) is 5.78 Å². The zero-order valence-electron chi connectivity index (χ0n) is 12.2. The van der Waals surface area contributed by atoms with Crippen molar-refractivity contribution in [2.24, 2.45) is 29.1 Å². The molecule has 19 heavy (non-hydrogen) atoms. The Kier molecular flexibility index (Phi) is 3.03. The average Bonchev–Trinajstić information content (AvgIpc) is 3.11. The first-order chi connectivity index (χ1) is 8.98. The van der Waals surface area contributed by atoms with Crippen molar-refractivity contribution in [2.75, 3.05) is 0 Å². The van der Waals surface area contributed by atoms with Crippen LogP contribution in [-0.4, -0.2) is 5.78 Å². The second kappa shape index (κ2) is 4.47. The monoisotopic (exact) mass is 256 g/mol. The van der Waals surface area contributed by atoms with Crippen molar-refractivity contribution in [3.05, 3.63) is 35.9 Å². The molecule has 1 aromatic carbocycles. The van der Waals surface area contributed by atoms with Crippen LogP contribution in [0.1, 0.15) is 50.4 Å². The van der Waals surface area contributed by atoms with Gasteiger partial charge in [0.1, 0.15) is 0 Å². The van der Waals surface area contributed by atoms with Gasteiger partial charge in [0, 0.05) is 11.5 Å². The molecule has 0 bridgehead atoms. The normalized spacial score (nSPS) is 33.6. The minimum atomic E-state index is 0.328. The van der Waals surface area contributed by atoms with Crippen LogP contribution < -0.4 is 0 Å². The fourth-order valence-corrected chi connectivity index (χ4v) is 3.97. The molecule has 0 heterocycles. The van der Waals surface area contributed by atoms with Gasteiger partial charge in [-0.05, 0) is 42.4 Å². The predicted molar refractivity (Wildman–Crippen MR) is 78.0 cm³/mol. The lowest BCUT2D eigenvalue weighted by molar-refractivity contribution is 0.0955. The Labute approximate surface area is 116 Å². The third kappa shape index (κ3) is 2.35. The molecule has 4 atom stereocenters. The Morgan fingerprint density at radius 3 is 2.37 bits per heavy atom. The van der Waals surface area contributed by atoms with E-state index in [2.05, 4.69) is 20.8 Å². The van der Waals surface area contributed by atoms with E-state index in [1.54, 1.807) is 0 Å². The van der Waals surface area contributed by atoms with Gasteiger partial charge in [0.05, 0.1) is 0 Å². The third-order valence-corrected chi connectivity index (χ3v) is 5.32. The fourth-order valence-electron chi connectivity index (χ4n) is 3.97. The number of carbonyl (C=O) groups is 1. The zero-order chi connectivity index (χ0) is 13.6. The molecule has 0 N–H and O–H groups in total. The number of rotatable bonds is 2. The first kappa shape index (κ1) is 12.9. The highest BCUT2D eigenvalue weighted by Gasteiger charge is 2.57. The van der Waals surface area contributed by atoms with Gasteiger partial charge >= 0.3 is 0 Å². The molecule has 0 aromatic heterocycles. The molecule has 0 amide bonds. The number of hydrogen-bond acceptors (Lipinski definition) is 1. The van der Waals surface area contributed by atoms with Crippen LogP contribution in [0.5, 0.6) is 0 Å². The van der Waals surface area contributed by atoms with Crippen LogP contribution in [0.25, 0.3) is 0 Å². The van der Waals surface area contributed by atoms with Gasteiger partial charge < -0.3 is 0 Å². The molecule has 2 saturated carbocycles. The van der Waals surface area contributed by atoms with Crippen molar-refractivity contribution >= 4 is 5.78 Å². The Hall–Kier alpha value is -1.11. The molecule has 1 unspecified atom stereocenters.